The van der Waals surface area contributed by atoms with Gasteiger partial charge in [-0.1, -0.05) is 18.2 Å². The number of hydrogen-bond donors (Lipinski definition) is 1. The second-order valence-electron chi connectivity index (χ2n) is 5.70. The second kappa shape index (κ2) is 6.75. The average Bonchev–Trinajstić information content (AvgIpc) is 2.36. The zero-order valence-corrected chi connectivity index (χ0v) is 13.1. The van der Waals surface area contributed by atoms with Crippen molar-refractivity contribution in [1.29, 1.82) is 0 Å². The molecular formula is C15H20F3NOS. The summed E-state index contributed by atoms with van der Waals surface area (Å²) in [6.07, 6.45) is -2.23. The van der Waals surface area contributed by atoms with Crippen LogP contribution >= 0.6 is 0 Å². The van der Waals surface area contributed by atoms with Crippen molar-refractivity contribution in [3.05, 3.63) is 48.0 Å². The molecule has 0 spiro atoms. The van der Waals surface area contributed by atoms with E-state index >= 15 is 0 Å². The molecule has 1 N–H and O–H groups in total. The molecule has 0 aliphatic carbocycles. The molecule has 1 aromatic rings. The van der Waals surface area contributed by atoms with E-state index < -0.39 is 27.5 Å². The van der Waals surface area contributed by atoms with Crippen LogP contribution in [0.5, 0.6) is 0 Å². The lowest BCUT2D eigenvalue weighted by Gasteiger charge is -2.24. The van der Waals surface area contributed by atoms with Crippen LogP contribution in [0, 0.1) is 0 Å². The van der Waals surface area contributed by atoms with Gasteiger partial charge in [-0.05, 0) is 44.9 Å². The smallest absolute Gasteiger partial charge is 0.242 e. The highest BCUT2D eigenvalue weighted by atomic mass is 32.2. The summed E-state index contributed by atoms with van der Waals surface area (Å²) in [5, 5.41) is 0. The first-order chi connectivity index (χ1) is 9.55. The lowest BCUT2D eigenvalue weighted by atomic mass is 10.0. The molecule has 118 valence electrons. The van der Waals surface area contributed by atoms with Crippen molar-refractivity contribution < 1.29 is 17.4 Å². The Kier molecular flexibility index (Phi) is 5.75. The van der Waals surface area contributed by atoms with Gasteiger partial charge in [-0.2, -0.15) is 13.2 Å². The van der Waals surface area contributed by atoms with Gasteiger partial charge in [-0.15, -0.1) is 6.58 Å². The van der Waals surface area contributed by atoms with Crippen molar-refractivity contribution in [3.8, 4) is 0 Å². The summed E-state index contributed by atoms with van der Waals surface area (Å²) in [6, 6.07) is 4.55. The van der Waals surface area contributed by atoms with E-state index in [4.69, 9.17) is 0 Å². The zero-order valence-electron chi connectivity index (χ0n) is 12.3. The first-order valence-corrected chi connectivity index (χ1v) is 7.67. The summed E-state index contributed by atoms with van der Waals surface area (Å²) in [5.41, 5.74) is -0.0407. The highest BCUT2D eigenvalue weighted by Crippen LogP contribution is 2.30. The fraction of sp³-hybridized carbons (Fsp3) is 0.467. The molecular weight excluding hydrogens is 299 g/mol. The minimum absolute atomic E-state index is 0.329. The Labute approximate surface area is 126 Å². The SMILES string of the molecule is C=CC[C@H](NS(=O)C(C)(C)C)c1ccc(C(F)(F)F)cc1. The summed E-state index contributed by atoms with van der Waals surface area (Å²) in [7, 11) is -1.31. The summed E-state index contributed by atoms with van der Waals surface area (Å²) in [4.78, 5) is 0. The largest absolute Gasteiger partial charge is 0.416 e. The standard InChI is InChI=1S/C15H20F3NOS/c1-5-6-13(19-21(20)14(2,3)4)11-7-9-12(10-8-11)15(16,17)18/h5,7-10,13,19H,1,6H2,2-4H3/t13-,21?/m0/s1. The first kappa shape index (κ1) is 17.9. The number of alkyl halides is 3. The minimum Gasteiger partial charge on any atom is -0.242 e. The topological polar surface area (TPSA) is 29.1 Å². The Balaban J connectivity index is 2.96. The number of benzene rings is 1. The Morgan fingerprint density at radius 2 is 1.76 bits per heavy atom. The Bertz CT molecular complexity index is 503. The molecule has 0 heterocycles. The van der Waals surface area contributed by atoms with E-state index in [0.29, 0.717) is 12.0 Å². The minimum atomic E-state index is -4.35. The van der Waals surface area contributed by atoms with Gasteiger partial charge in [-0.25, -0.2) is 8.93 Å². The molecule has 1 unspecified atom stereocenters. The van der Waals surface area contributed by atoms with Crippen LogP contribution in [0.15, 0.2) is 36.9 Å². The highest BCUT2D eigenvalue weighted by molar-refractivity contribution is 7.84. The monoisotopic (exact) mass is 319 g/mol. The lowest BCUT2D eigenvalue weighted by molar-refractivity contribution is -0.137. The normalized spacial score (nSPS) is 15.5. The van der Waals surface area contributed by atoms with Gasteiger partial charge < -0.3 is 0 Å². The van der Waals surface area contributed by atoms with Gasteiger partial charge in [0.2, 0.25) is 0 Å². The van der Waals surface area contributed by atoms with E-state index in [0.717, 1.165) is 12.1 Å². The molecule has 0 aromatic heterocycles. The third-order valence-corrected chi connectivity index (χ3v) is 4.46. The fourth-order valence-corrected chi connectivity index (χ4v) is 2.47. The molecule has 0 saturated carbocycles. The molecule has 0 bridgehead atoms. The van der Waals surface area contributed by atoms with Crippen molar-refractivity contribution in [2.24, 2.45) is 0 Å². The molecule has 0 saturated heterocycles. The number of halogens is 3. The van der Waals surface area contributed by atoms with Crippen molar-refractivity contribution in [1.82, 2.24) is 4.72 Å². The van der Waals surface area contributed by atoms with Gasteiger partial charge in [0.05, 0.1) is 21.3 Å². The molecule has 0 radical (unpaired) electrons. The van der Waals surface area contributed by atoms with Crippen LogP contribution in [0.1, 0.15) is 44.4 Å². The molecule has 6 heteroatoms. The number of nitrogens with one attached hydrogen (secondary N) is 1. The second-order valence-corrected chi connectivity index (χ2v) is 7.69. The van der Waals surface area contributed by atoms with E-state index in [1.54, 1.807) is 6.08 Å². The van der Waals surface area contributed by atoms with E-state index in [-0.39, 0.29) is 6.04 Å². The zero-order chi connectivity index (χ0) is 16.3. The Hall–Kier alpha value is -1.14. The lowest BCUT2D eigenvalue weighted by Crippen LogP contribution is -2.35. The van der Waals surface area contributed by atoms with Crippen LogP contribution in [0.2, 0.25) is 0 Å². The van der Waals surface area contributed by atoms with Crippen molar-refractivity contribution in [3.63, 3.8) is 0 Å². The van der Waals surface area contributed by atoms with Crippen molar-refractivity contribution >= 4 is 11.0 Å². The van der Waals surface area contributed by atoms with Crippen LogP contribution in [-0.4, -0.2) is 8.96 Å². The van der Waals surface area contributed by atoms with E-state index in [2.05, 4.69) is 11.3 Å². The molecule has 1 rings (SSSR count). The molecule has 0 fully saturated rings. The van der Waals surface area contributed by atoms with Crippen molar-refractivity contribution in [2.75, 3.05) is 0 Å². The van der Waals surface area contributed by atoms with Gasteiger partial charge in [0.15, 0.2) is 0 Å². The molecule has 0 amide bonds. The third kappa shape index (κ3) is 5.28. The predicted molar refractivity (Wildman–Crippen MR) is 80.0 cm³/mol. The fourth-order valence-electron chi connectivity index (χ4n) is 1.63. The summed E-state index contributed by atoms with van der Waals surface area (Å²) in [6.45, 7) is 9.11. The highest BCUT2D eigenvalue weighted by Gasteiger charge is 2.30. The third-order valence-electron chi connectivity index (χ3n) is 2.85. The van der Waals surface area contributed by atoms with Gasteiger partial charge in [0, 0.05) is 6.04 Å². The van der Waals surface area contributed by atoms with Gasteiger partial charge in [0.25, 0.3) is 0 Å². The predicted octanol–water partition coefficient (Wildman–Crippen LogP) is 4.37. The maximum absolute atomic E-state index is 12.6. The van der Waals surface area contributed by atoms with E-state index in [1.165, 1.54) is 12.1 Å². The van der Waals surface area contributed by atoms with Gasteiger partial charge in [-0.3, -0.25) is 0 Å². The summed E-state index contributed by atoms with van der Waals surface area (Å²) >= 11 is 0. The van der Waals surface area contributed by atoms with E-state index in [1.807, 2.05) is 20.8 Å². The number of rotatable bonds is 5. The van der Waals surface area contributed by atoms with Gasteiger partial charge in [0.1, 0.15) is 0 Å². The van der Waals surface area contributed by atoms with Crippen LogP contribution in [0.4, 0.5) is 13.2 Å². The van der Waals surface area contributed by atoms with Crippen LogP contribution in [0.3, 0.4) is 0 Å². The average molecular weight is 319 g/mol. The summed E-state index contributed by atoms with van der Waals surface area (Å²) < 4.78 is 52.3. The van der Waals surface area contributed by atoms with Crippen LogP contribution in [0.25, 0.3) is 0 Å². The Morgan fingerprint density at radius 1 is 1.24 bits per heavy atom. The number of hydrogen-bond acceptors (Lipinski definition) is 1. The maximum atomic E-state index is 12.6. The maximum Gasteiger partial charge on any atom is 0.416 e. The molecule has 2 nitrogen and oxygen atoms in total. The molecule has 0 aliphatic rings. The Morgan fingerprint density at radius 3 is 2.14 bits per heavy atom. The molecule has 2 atom stereocenters. The first-order valence-electron chi connectivity index (χ1n) is 6.52. The molecule has 21 heavy (non-hydrogen) atoms. The quantitative estimate of drug-likeness (QED) is 0.802. The van der Waals surface area contributed by atoms with Crippen molar-refractivity contribution in [2.45, 2.75) is 44.2 Å². The van der Waals surface area contributed by atoms with Crippen LogP contribution in [-0.2, 0) is 17.2 Å². The van der Waals surface area contributed by atoms with E-state index in [9.17, 15) is 17.4 Å². The summed E-state index contributed by atoms with van der Waals surface area (Å²) in [5.74, 6) is 0. The van der Waals surface area contributed by atoms with Crippen LogP contribution < -0.4 is 4.72 Å². The molecule has 1 aromatic carbocycles. The van der Waals surface area contributed by atoms with Gasteiger partial charge >= 0.3 is 6.18 Å². The molecule has 0 aliphatic heterocycles.